The lowest BCUT2D eigenvalue weighted by molar-refractivity contribution is 0.150. The molecule has 13 heavy (non-hydrogen) atoms. The Kier molecular flexibility index (Phi) is 9.56. The Hall–Kier alpha value is -0.300. The molecule has 1 N–H and O–H groups in total. The third-order valence-electron chi connectivity index (χ3n) is 2.27. The average Bonchev–Trinajstić information content (AvgIpc) is 2.11. The predicted molar refractivity (Wildman–Crippen MR) is 58.8 cm³/mol. The Balaban J connectivity index is 3.06. The second-order valence-corrected chi connectivity index (χ2v) is 3.65. The maximum absolute atomic E-state index is 9.44. The van der Waals surface area contributed by atoms with Crippen LogP contribution in [-0.4, -0.2) is 11.2 Å². The lowest BCUT2D eigenvalue weighted by Crippen LogP contribution is -2.04. The molecule has 0 heterocycles. The Bertz CT molecular complexity index is 118. The molecule has 0 rings (SSSR count). The van der Waals surface area contributed by atoms with E-state index in [2.05, 4.69) is 26.0 Å². The van der Waals surface area contributed by atoms with Crippen molar-refractivity contribution in [3.63, 3.8) is 0 Å². The number of aliphatic hydroxyl groups is 1. The molecule has 0 saturated heterocycles. The molecule has 1 atom stereocenters. The first-order valence-electron chi connectivity index (χ1n) is 5.60. The van der Waals surface area contributed by atoms with Gasteiger partial charge in [0.2, 0.25) is 0 Å². The molecule has 1 heteroatoms. The van der Waals surface area contributed by atoms with E-state index in [1.54, 1.807) is 0 Å². The monoisotopic (exact) mass is 184 g/mol. The minimum Gasteiger partial charge on any atom is -0.393 e. The first-order chi connectivity index (χ1) is 6.31. The molecular formula is C12H24O. The highest BCUT2D eigenvalue weighted by Gasteiger charge is 2.00. The molecule has 0 aromatic heterocycles. The van der Waals surface area contributed by atoms with Gasteiger partial charge in [0.25, 0.3) is 0 Å². The molecule has 0 amide bonds. The minimum atomic E-state index is -0.0493. The summed E-state index contributed by atoms with van der Waals surface area (Å²) >= 11 is 0. The summed E-state index contributed by atoms with van der Waals surface area (Å²) in [6.45, 7) is 4.18. The van der Waals surface area contributed by atoms with E-state index in [1.807, 2.05) is 0 Å². The van der Waals surface area contributed by atoms with Crippen molar-refractivity contribution in [3.8, 4) is 0 Å². The van der Waals surface area contributed by atoms with Crippen LogP contribution in [0.4, 0.5) is 0 Å². The van der Waals surface area contributed by atoms with Gasteiger partial charge in [-0.3, -0.25) is 0 Å². The van der Waals surface area contributed by atoms with E-state index in [-0.39, 0.29) is 6.10 Å². The molecule has 0 radical (unpaired) electrons. The molecule has 0 aliphatic heterocycles. The van der Waals surface area contributed by atoms with Gasteiger partial charge in [-0.1, -0.05) is 38.3 Å². The van der Waals surface area contributed by atoms with Crippen LogP contribution in [0.3, 0.4) is 0 Å². The van der Waals surface area contributed by atoms with Gasteiger partial charge in [-0.2, -0.15) is 0 Å². The van der Waals surface area contributed by atoms with Crippen molar-refractivity contribution < 1.29 is 5.11 Å². The zero-order valence-electron chi connectivity index (χ0n) is 9.13. The van der Waals surface area contributed by atoms with Gasteiger partial charge in [0.15, 0.2) is 0 Å². The van der Waals surface area contributed by atoms with Gasteiger partial charge >= 0.3 is 0 Å². The molecule has 0 saturated carbocycles. The van der Waals surface area contributed by atoms with Crippen molar-refractivity contribution in [1.29, 1.82) is 0 Å². The molecule has 0 aromatic carbocycles. The quantitative estimate of drug-likeness (QED) is 0.451. The fraction of sp³-hybridized carbons (Fsp3) is 0.833. The highest BCUT2D eigenvalue weighted by Crippen LogP contribution is 2.09. The van der Waals surface area contributed by atoms with Gasteiger partial charge in [0, 0.05) is 0 Å². The van der Waals surface area contributed by atoms with Crippen LogP contribution in [0.1, 0.15) is 58.8 Å². The van der Waals surface area contributed by atoms with E-state index in [0.29, 0.717) is 0 Å². The summed E-state index contributed by atoms with van der Waals surface area (Å²) < 4.78 is 0. The van der Waals surface area contributed by atoms with Crippen LogP contribution < -0.4 is 0 Å². The number of rotatable bonds is 8. The van der Waals surface area contributed by atoms with Crippen LogP contribution in [0, 0.1) is 0 Å². The van der Waals surface area contributed by atoms with Crippen molar-refractivity contribution in [2.75, 3.05) is 0 Å². The standard InChI is InChI=1S/C12H24O/c1-3-5-6-7-8-9-11-12(13)10-4-2/h3,5,12-13H,4,6-11H2,1-2H3. The van der Waals surface area contributed by atoms with Crippen molar-refractivity contribution in [2.45, 2.75) is 64.9 Å². The second-order valence-electron chi connectivity index (χ2n) is 3.65. The van der Waals surface area contributed by atoms with Crippen molar-refractivity contribution in [1.82, 2.24) is 0 Å². The fourth-order valence-corrected chi connectivity index (χ4v) is 1.46. The molecule has 1 nitrogen and oxygen atoms in total. The second kappa shape index (κ2) is 9.79. The molecular weight excluding hydrogens is 160 g/mol. The third kappa shape index (κ3) is 9.62. The Morgan fingerprint density at radius 3 is 2.54 bits per heavy atom. The lowest BCUT2D eigenvalue weighted by Gasteiger charge is -2.07. The lowest BCUT2D eigenvalue weighted by atomic mass is 10.1. The minimum absolute atomic E-state index is 0.0493. The fourth-order valence-electron chi connectivity index (χ4n) is 1.46. The van der Waals surface area contributed by atoms with Crippen LogP contribution >= 0.6 is 0 Å². The van der Waals surface area contributed by atoms with Crippen LogP contribution in [0.5, 0.6) is 0 Å². The Morgan fingerprint density at radius 1 is 1.15 bits per heavy atom. The third-order valence-corrected chi connectivity index (χ3v) is 2.27. The molecule has 78 valence electrons. The van der Waals surface area contributed by atoms with E-state index < -0.39 is 0 Å². The number of unbranched alkanes of at least 4 members (excludes halogenated alkanes) is 3. The van der Waals surface area contributed by atoms with E-state index in [1.165, 1.54) is 25.7 Å². The number of hydrogen-bond donors (Lipinski definition) is 1. The summed E-state index contributed by atoms with van der Waals surface area (Å²) in [6, 6.07) is 0. The molecule has 1 unspecified atom stereocenters. The molecule has 0 bridgehead atoms. The van der Waals surface area contributed by atoms with Crippen molar-refractivity contribution in [2.24, 2.45) is 0 Å². The van der Waals surface area contributed by atoms with Crippen LogP contribution in [0.15, 0.2) is 12.2 Å². The summed E-state index contributed by atoms with van der Waals surface area (Å²) in [5, 5.41) is 9.44. The van der Waals surface area contributed by atoms with E-state index >= 15 is 0 Å². The van der Waals surface area contributed by atoms with Crippen molar-refractivity contribution in [3.05, 3.63) is 12.2 Å². The summed E-state index contributed by atoms with van der Waals surface area (Å²) in [5.41, 5.74) is 0. The Labute approximate surface area is 82.9 Å². The summed E-state index contributed by atoms with van der Waals surface area (Å²) in [6.07, 6.45) is 12.2. The van der Waals surface area contributed by atoms with E-state index in [4.69, 9.17) is 0 Å². The maximum Gasteiger partial charge on any atom is 0.0540 e. The number of allylic oxidation sites excluding steroid dienone is 2. The van der Waals surface area contributed by atoms with E-state index in [9.17, 15) is 5.11 Å². The first kappa shape index (κ1) is 12.7. The van der Waals surface area contributed by atoms with Crippen molar-refractivity contribution >= 4 is 0 Å². The van der Waals surface area contributed by atoms with Gasteiger partial charge in [0.1, 0.15) is 0 Å². The van der Waals surface area contributed by atoms with Gasteiger partial charge in [-0.25, -0.2) is 0 Å². The topological polar surface area (TPSA) is 20.2 Å². The van der Waals surface area contributed by atoms with Crippen LogP contribution in [0.2, 0.25) is 0 Å². The van der Waals surface area contributed by atoms with E-state index in [0.717, 1.165) is 19.3 Å². The van der Waals surface area contributed by atoms with Gasteiger partial charge < -0.3 is 5.11 Å². The summed E-state index contributed by atoms with van der Waals surface area (Å²) in [4.78, 5) is 0. The Morgan fingerprint density at radius 2 is 1.92 bits per heavy atom. The molecule has 0 spiro atoms. The average molecular weight is 184 g/mol. The van der Waals surface area contributed by atoms with Gasteiger partial charge in [-0.05, 0) is 32.6 Å². The van der Waals surface area contributed by atoms with Crippen LogP contribution in [0.25, 0.3) is 0 Å². The van der Waals surface area contributed by atoms with Gasteiger partial charge in [-0.15, -0.1) is 0 Å². The first-order valence-corrected chi connectivity index (χ1v) is 5.60. The zero-order chi connectivity index (χ0) is 9.94. The zero-order valence-corrected chi connectivity index (χ0v) is 9.13. The molecule has 0 fully saturated rings. The number of aliphatic hydroxyl groups excluding tert-OH is 1. The number of hydrogen-bond acceptors (Lipinski definition) is 1. The highest BCUT2D eigenvalue weighted by molar-refractivity contribution is 4.76. The molecule has 0 aliphatic carbocycles. The molecule has 0 aromatic rings. The van der Waals surface area contributed by atoms with Crippen LogP contribution in [-0.2, 0) is 0 Å². The molecule has 0 aliphatic rings. The largest absolute Gasteiger partial charge is 0.393 e. The SMILES string of the molecule is CC=CCCCCCC(O)CCC. The predicted octanol–water partition coefficient (Wildman–Crippen LogP) is 3.67. The smallest absolute Gasteiger partial charge is 0.0540 e. The maximum atomic E-state index is 9.44. The summed E-state index contributed by atoms with van der Waals surface area (Å²) in [5.74, 6) is 0. The summed E-state index contributed by atoms with van der Waals surface area (Å²) in [7, 11) is 0. The normalized spacial score (nSPS) is 13.8. The highest BCUT2D eigenvalue weighted by atomic mass is 16.3. The van der Waals surface area contributed by atoms with Gasteiger partial charge in [0.05, 0.1) is 6.10 Å².